The molecule has 4 nitrogen and oxygen atoms in total. The molecule has 0 bridgehead atoms. The fraction of sp³-hybridized carbons (Fsp3) is 0.158. The molecule has 2 N–H and O–H groups in total. The molecule has 2 heterocycles. The van der Waals surface area contributed by atoms with Crippen LogP contribution in [0.15, 0.2) is 48.7 Å². The zero-order valence-corrected chi connectivity index (χ0v) is 12.7. The molecule has 0 amide bonds. The molecule has 23 heavy (non-hydrogen) atoms. The molecule has 1 aliphatic rings. The van der Waals surface area contributed by atoms with E-state index in [2.05, 4.69) is 10.3 Å². The van der Waals surface area contributed by atoms with E-state index in [0.717, 1.165) is 27.7 Å². The first-order valence-corrected chi connectivity index (χ1v) is 7.64. The van der Waals surface area contributed by atoms with Gasteiger partial charge in [0.1, 0.15) is 0 Å². The van der Waals surface area contributed by atoms with Gasteiger partial charge < -0.3 is 10.3 Å². The fourth-order valence-electron chi connectivity index (χ4n) is 3.24. The van der Waals surface area contributed by atoms with Crippen LogP contribution in [0.2, 0.25) is 0 Å². The van der Waals surface area contributed by atoms with E-state index in [-0.39, 0.29) is 5.78 Å². The molecular formula is C19H16N2O2. The van der Waals surface area contributed by atoms with Gasteiger partial charge in [-0.3, -0.25) is 9.59 Å². The van der Waals surface area contributed by atoms with E-state index in [1.54, 1.807) is 6.20 Å². The quantitative estimate of drug-likeness (QED) is 0.575. The second kappa shape index (κ2) is 5.09. The van der Waals surface area contributed by atoms with Gasteiger partial charge in [0, 0.05) is 29.3 Å². The normalized spacial score (nSPS) is 16.1. The predicted octanol–water partition coefficient (Wildman–Crippen LogP) is 3.44. The minimum absolute atomic E-state index is 0.355. The van der Waals surface area contributed by atoms with Crippen molar-refractivity contribution in [3.63, 3.8) is 0 Å². The van der Waals surface area contributed by atoms with Crippen molar-refractivity contribution in [3.05, 3.63) is 65.4 Å². The number of ketones is 2. The number of rotatable bonds is 3. The summed E-state index contributed by atoms with van der Waals surface area (Å²) in [6.45, 7) is 2.47. The van der Waals surface area contributed by atoms with Gasteiger partial charge in [0.15, 0.2) is 0 Å². The third-order valence-corrected chi connectivity index (χ3v) is 4.45. The summed E-state index contributed by atoms with van der Waals surface area (Å²) >= 11 is 0. The summed E-state index contributed by atoms with van der Waals surface area (Å²) in [5.74, 6) is -1.19. The van der Waals surface area contributed by atoms with Gasteiger partial charge in [0.2, 0.25) is 11.6 Å². The summed E-state index contributed by atoms with van der Waals surface area (Å²) < 4.78 is 0. The molecule has 4 heteroatoms. The number of benzene rings is 2. The van der Waals surface area contributed by atoms with E-state index in [1.165, 1.54) is 0 Å². The van der Waals surface area contributed by atoms with Crippen molar-refractivity contribution in [1.29, 1.82) is 0 Å². The van der Waals surface area contributed by atoms with E-state index in [1.807, 2.05) is 49.4 Å². The van der Waals surface area contributed by atoms with Gasteiger partial charge in [0.05, 0.1) is 11.5 Å². The van der Waals surface area contributed by atoms with Crippen LogP contribution >= 0.6 is 0 Å². The van der Waals surface area contributed by atoms with Gasteiger partial charge in [-0.05, 0) is 24.6 Å². The average Bonchev–Trinajstić information content (AvgIpc) is 3.17. The second-order valence-electron chi connectivity index (χ2n) is 5.97. The molecule has 0 aliphatic carbocycles. The summed E-state index contributed by atoms with van der Waals surface area (Å²) in [4.78, 5) is 28.5. The zero-order chi connectivity index (χ0) is 16.0. The largest absolute Gasteiger partial charge is 0.384 e. The van der Waals surface area contributed by atoms with Gasteiger partial charge in [-0.15, -0.1) is 0 Å². The summed E-state index contributed by atoms with van der Waals surface area (Å²) in [6.07, 6.45) is 1.63. The number of aryl methyl sites for hydroxylation is 1. The van der Waals surface area contributed by atoms with Crippen LogP contribution in [0.3, 0.4) is 0 Å². The highest BCUT2D eigenvalue weighted by Crippen LogP contribution is 2.34. The first-order chi connectivity index (χ1) is 11.1. The van der Waals surface area contributed by atoms with Crippen molar-refractivity contribution in [2.24, 2.45) is 0 Å². The van der Waals surface area contributed by atoms with Crippen LogP contribution in [0.5, 0.6) is 0 Å². The molecule has 0 saturated heterocycles. The predicted molar refractivity (Wildman–Crippen MR) is 90.0 cm³/mol. The van der Waals surface area contributed by atoms with Crippen molar-refractivity contribution in [1.82, 2.24) is 4.98 Å². The van der Waals surface area contributed by atoms with Crippen LogP contribution in [0.25, 0.3) is 10.9 Å². The smallest absolute Gasteiger partial charge is 0.231 e. The van der Waals surface area contributed by atoms with E-state index in [4.69, 9.17) is 0 Å². The minimum atomic E-state index is -0.427. The van der Waals surface area contributed by atoms with Gasteiger partial charge in [-0.2, -0.15) is 0 Å². The van der Waals surface area contributed by atoms with Crippen molar-refractivity contribution in [3.8, 4) is 0 Å². The minimum Gasteiger partial charge on any atom is -0.384 e. The van der Waals surface area contributed by atoms with Crippen molar-refractivity contribution >= 4 is 28.2 Å². The van der Waals surface area contributed by atoms with Crippen LogP contribution in [-0.4, -0.2) is 23.1 Å². The number of hydrogen-bond donors (Lipinski definition) is 2. The van der Waals surface area contributed by atoms with Crippen LogP contribution in [0, 0.1) is 6.92 Å². The highest BCUT2D eigenvalue weighted by Gasteiger charge is 2.33. The molecule has 0 fully saturated rings. The van der Waals surface area contributed by atoms with E-state index >= 15 is 0 Å². The molecule has 2 aromatic carbocycles. The van der Waals surface area contributed by atoms with Gasteiger partial charge in [0.25, 0.3) is 0 Å². The molecule has 114 valence electrons. The maximum absolute atomic E-state index is 12.8. The highest BCUT2D eigenvalue weighted by molar-refractivity contribution is 6.47. The Hall–Kier alpha value is -2.88. The molecule has 0 saturated carbocycles. The third kappa shape index (κ3) is 2.14. The zero-order valence-electron chi connectivity index (χ0n) is 12.7. The number of carbonyl (C=O) groups is 2. The Bertz CT molecular complexity index is 939. The number of carbonyl (C=O) groups excluding carboxylic acids is 2. The van der Waals surface area contributed by atoms with Gasteiger partial charge >= 0.3 is 0 Å². The third-order valence-electron chi connectivity index (χ3n) is 4.45. The molecule has 3 aromatic rings. The molecular weight excluding hydrogens is 288 g/mol. The first-order valence-electron chi connectivity index (χ1n) is 7.64. The van der Waals surface area contributed by atoms with Crippen molar-refractivity contribution in [2.75, 3.05) is 11.9 Å². The summed E-state index contributed by atoms with van der Waals surface area (Å²) in [7, 11) is 0. The molecule has 1 aliphatic heterocycles. The van der Waals surface area contributed by atoms with E-state index in [0.29, 0.717) is 12.1 Å². The lowest BCUT2D eigenvalue weighted by atomic mass is 9.91. The molecule has 1 aromatic heterocycles. The van der Waals surface area contributed by atoms with Crippen LogP contribution in [0.1, 0.15) is 27.4 Å². The Morgan fingerprint density at radius 1 is 1.13 bits per heavy atom. The molecule has 0 spiro atoms. The van der Waals surface area contributed by atoms with E-state index < -0.39 is 11.7 Å². The number of para-hydroxylation sites is 1. The monoisotopic (exact) mass is 304 g/mol. The average molecular weight is 304 g/mol. The van der Waals surface area contributed by atoms with Crippen molar-refractivity contribution in [2.45, 2.75) is 12.8 Å². The Morgan fingerprint density at radius 2 is 1.96 bits per heavy atom. The van der Waals surface area contributed by atoms with Gasteiger partial charge in [-0.1, -0.05) is 35.9 Å². The number of fused-ring (bicyclic) bond motifs is 2. The second-order valence-corrected chi connectivity index (χ2v) is 5.97. The standard InChI is InChI=1S/C19H16N2O2/c1-11-6-7-17-13(8-11)15(10-21-17)19(23)18(22)14-9-20-16-5-3-2-4-12(14)16/h2-9,15,20-21H,10H2,1H3. The fourth-order valence-corrected chi connectivity index (χ4v) is 3.24. The molecule has 0 radical (unpaired) electrons. The van der Waals surface area contributed by atoms with Crippen LogP contribution in [0.4, 0.5) is 5.69 Å². The SMILES string of the molecule is Cc1ccc2c(c1)C(C(=O)C(=O)c1c[nH]c3ccccc13)CN2. The summed E-state index contributed by atoms with van der Waals surface area (Å²) in [6, 6.07) is 13.5. The summed E-state index contributed by atoms with van der Waals surface area (Å²) in [5, 5.41) is 4.01. The number of nitrogens with one attached hydrogen (secondary N) is 2. The Labute approximate surface area is 133 Å². The summed E-state index contributed by atoms with van der Waals surface area (Å²) in [5.41, 5.74) is 4.27. The molecule has 1 atom stereocenters. The van der Waals surface area contributed by atoms with Gasteiger partial charge in [-0.25, -0.2) is 0 Å². The lowest BCUT2D eigenvalue weighted by molar-refractivity contribution is -0.116. The van der Waals surface area contributed by atoms with Crippen molar-refractivity contribution < 1.29 is 9.59 Å². The number of anilines is 1. The van der Waals surface area contributed by atoms with Crippen LogP contribution < -0.4 is 5.32 Å². The number of aromatic nitrogens is 1. The number of aromatic amines is 1. The van der Waals surface area contributed by atoms with Crippen LogP contribution in [-0.2, 0) is 4.79 Å². The number of Topliss-reactive ketones (excluding diaryl/α,β-unsaturated/α-hetero) is 2. The number of H-pyrrole nitrogens is 1. The number of hydrogen-bond acceptors (Lipinski definition) is 3. The lowest BCUT2D eigenvalue weighted by Crippen LogP contribution is -2.23. The molecule has 4 rings (SSSR count). The van der Waals surface area contributed by atoms with E-state index in [9.17, 15) is 9.59 Å². The Kier molecular flexibility index (Phi) is 3.05. The maximum atomic E-state index is 12.8. The lowest BCUT2D eigenvalue weighted by Gasteiger charge is -2.08. The first kappa shape index (κ1) is 13.8. The Balaban J connectivity index is 1.71. The topological polar surface area (TPSA) is 62.0 Å². The molecule has 1 unspecified atom stereocenters. The Morgan fingerprint density at radius 3 is 2.83 bits per heavy atom. The highest BCUT2D eigenvalue weighted by atomic mass is 16.2. The maximum Gasteiger partial charge on any atom is 0.231 e.